The summed E-state index contributed by atoms with van der Waals surface area (Å²) in [6.45, 7) is 2.53. The summed E-state index contributed by atoms with van der Waals surface area (Å²) in [6, 6.07) is 6.15. The highest BCUT2D eigenvalue weighted by Crippen LogP contribution is 2.14. The Morgan fingerprint density at radius 2 is 2.09 bits per heavy atom. The van der Waals surface area contributed by atoms with Gasteiger partial charge in [-0.15, -0.1) is 5.10 Å². The molecule has 1 aromatic heterocycles. The van der Waals surface area contributed by atoms with E-state index in [1.165, 1.54) is 23.9 Å². The van der Waals surface area contributed by atoms with Gasteiger partial charge in [0, 0.05) is 20.0 Å². The number of thioether (sulfide) groups is 1. The normalized spacial score (nSPS) is 10.7. The second kappa shape index (κ2) is 7.93. The lowest BCUT2D eigenvalue weighted by atomic mass is 10.2. The highest BCUT2D eigenvalue weighted by Gasteiger charge is 2.12. The first-order valence-electron chi connectivity index (χ1n) is 7.11. The van der Waals surface area contributed by atoms with Crippen molar-refractivity contribution in [3.63, 3.8) is 0 Å². The number of carbonyl (C=O) groups is 1. The first kappa shape index (κ1) is 16.5. The fourth-order valence-electron chi connectivity index (χ4n) is 1.88. The molecule has 0 unspecified atom stereocenters. The quantitative estimate of drug-likeness (QED) is 0.796. The lowest BCUT2D eigenvalue weighted by Gasteiger charge is -2.16. The molecule has 7 heteroatoms. The van der Waals surface area contributed by atoms with Crippen molar-refractivity contribution in [2.24, 2.45) is 0 Å². The molecule has 0 aliphatic rings. The van der Waals surface area contributed by atoms with Crippen LogP contribution in [0.2, 0.25) is 0 Å². The van der Waals surface area contributed by atoms with Crippen molar-refractivity contribution in [3.8, 4) is 0 Å². The van der Waals surface area contributed by atoms with E-state index >= 15 is 0 Å². The van der Waals surface area contributed by atoms with Gasteiger partial charge in [-0.25, -0.2) is 9.37 Å². The molecule has 2 aromatic rings. The molecule has 0 atom stereocenters. The Morgan fingerprint density at radius 1 is 1.36 bits per heavy atom. The maximum Gasteiger partial charge on any atom is 0.233 e. The number of aromatic amines is 1. The summed E-state index contributed by atoms with van der Waals surface area (Å²) in [5, 5.41) is 7.53. The lowest BCUT2D eigenvalue weighted by molar-refractivity contribution is -0.127. The van der Waals surface area contributed by atoms with E-state index in [4.69, 9.17) is 0 Å². The van der Waals surface area contributed by atoms with Crippen LogP contribution in [-0.2, 0) is 17.8 Å². The first-order chi connectivity index (χ1) is 10.6. The van der Waals surface area contributed by atoms with Gasteiger partial charge in [-0.3, -0.25) is 9.89 Å². The Balaban J connectivity index is 1.81. The zero-order valence-corrected chi connectivity index (χ0v) is 13.5. The molecule has 0 bridgehead atoms. The Hall–Kier alpha value is -1.89. The first-order valence-corrected chi connectivity index (χ1v) is 8.09. The number of hydrogen-bond acceptors (Lipinski definition) is 4. The van der Waals surface area contributed by atoms with Gasteiger partial charge in [0.1, 0.15) is 11.6 Å². The molecule has 0 spiro atoms. The topological polar surface area (TPSA) is 61.9 Å². The van der Waals surface area contributed by atoms with Crippen molar-refractivity contribution in [3.05, 3.63) is 41.5 Å². The number of carbonyl (C=O) groups excluding carboxylic acids is 1. The van der Waals surface area contributed by atoms with Gasteiger partial charge in [0.15, 0.2) is 0 Å². The molecule has 0 saturated carbocycles. The third-order valence-corrected chi connectivity index (χ3v) is 3.91. The highest BCUT2D eigenvalue weighted by molar-refractivity contribution is 7.99. The molecule has 5 nitrogen and oxygen atoms in total. The van der Waals surface area contributed by atoms with Crippen LogP contribution in [0.25, 0.3) is 0 Å². The van der Waals surface area contributed by atoms with Crippen molar-refractivity contribution in [2.45, 2.75) is 31.5 Å². The minimum atomic E-state index is -0.277. The fourth-order valence-corrected chi connectivity index (χ4v) is 2.64. The van der Waals surface area contributed by atoms with Crippen LogP contribution in [0, 0.1) is 5.82 Å². The van der Waals surface area contributed by atoms with E-state index in [1.807, 2.05) is 0 Å². The summed E-state index contributed by atoms with van der Waals surface area (Å²) in [6.07, 6.45) is 1.85. The average Bonchev–Trinajstić information content (AvgIpc) is 2.95. The summed E-state index contributed by atoms with van der Waals surface area (Å²) >= 11 is 1.31. The number of H-pyrrole nitrogens is 1. The van der Waals surface area contributed by atoms with Gasteiger partial charge in [0.25, 0.3) is 0 Å². The summed E-state index contributed by atoms with van der Waals surface area (Å²) in [5.41, 5.74) is 0.894. The summed E-state index contributed by atoms with van der Waals surface area (Å²) < 4.78 is 12.8. The fraction of sp³-hybridized carbons (Fsp3) is 0.400. The molecule has 22 heavy (non-hydrogen) atoms. The van der Waals surface area contributed by atoms with E-state index < -0.39 is 0 Å². The van der Waals surface area contributed by atoms with E-state index in [0.717, 1.165) is 24.2 Å². The standard InChI is InChI=1S/C15H19FN4OS/c1-3-4-13-17-15(19-18-13)22-10-14(21)20(2)9-11-5-7-12(16)8-6-11/h5-8H,3-4,9-10H2,1-2H3,(H,17,18,19). The molecular formula is C15H19FN4OS. The molecule has 1 heterocycles. The van der Waals surface area contributed by atoms with Crippen LogP contribution in [0.15, 0.2) is 29.4 Å². The number of amides is 1. The van der Waals surface area contributed by atoms with Crippen molar-refractivity contribution < 1.29 is 9.18 Å². The van der Waals surface area contributed by atoms with E-state index in [-0.39, 0.29) is 17.5 Å². The molecule has 1 amide bonds. The van der Waals surface area contributed by atoms with Crippen LogP contribution >= 0.6 is 11.8 Å². The number of nitrogens with zero attached hydrogens (tertiary/aromatic N) is 3. The second-order valence-electron chi connectivity index (χ2n) is 4.98. The third-order valence-electron chi connectivity index (χ3n) is 3.08. The SMILES string of the molecule is CCCc1nc(SCC(=O)N(C)Cc2ccc(F)cc2)n[nH]1. The van der Waals surface area contributed by atoms with Gasteiger partial charge in [-0.1, -0.05) is 30.8 Å². The van der Waals surface area contributed by atoms with Gasteiger partial charge < -0.3 is 4.90 Å². The summed E-state index contributed by atoms with van der Waals surface area (Å²) in [5.74, 6) is 0.829. The van der Waals surface area contributed by atoms with E-state index in [0.29, 0.717) is 11.7 Å². The summed E-state index contributed by atoms with van der Waals surface area (Å²) in [7, 11) is 1.73. The van der Waals surface area contributed by atoms with Crippen LogP contribution in [0.5, 0.6) is 0 Å². The molecule has 1 aromatic carbocycles. The zero-order valence-electron chi connectivity index (χ0n) is 12.7. The van der Waals surface area contributed by atoms with Crippen LogP contribution in [0.1, 0.15) is 24.7 Å². The molecule has 118 valence electrons. The third kappa shape index (κ3) is 4.84. The predicted molar refractivity (Wildman–Crippen MR) is 84.0 cm³/mol. The van der Waals surface area contributed by atoms with Crippen molar-refractivity contribution in [1.29, 1.82) is 0 Å². The predicted octanol–water partition coefficient (Wildman–Crippen LogP) is 2.65. The number of benzene rings is 1. The lowest BCUT2D eigenvalue weighted by Crippen LogP contribution is -2.27. The summed E-state index contributed by atoms with van der Waals surface area (Å²) in [4.78, 5) is 18.0. The van der Waals surface area contributed by atoms with Crippen LogP contribution in [-0.4, -0.2) is 38.8 Å². The molecule has 0 fully saturated rings. The minimum Gasteiger partial charge on any atom is -0.341 e. The molecule has 0 radical (unpaired) electrons. The Kier molecular flexibility index (Phi) is 5.94. The van der Waals surface area contributed by atoms with E-state index in [1.54, 1.807) is 24.1 Å². The molecular weight excluding hydrogens is 303 g/mol. The Morgan fingerprint density at radius 3 is 2.77 bits per heavy atom. The number of halogens is 1. The number of aromatic nitrogens is 3. The van der Waals surface area contributed by atoms with Gasteiger partial charge in [0.05, 0.1) is 5.75 Å². The van der Waals surface area contributed by atoms with Gasteiger partial charge >= 0.3 is 0 Å². The van der Waals surface area contributed by atoms with Crippen LogP contribution in [0.3, 0.4) is 0 Å². The van der Waals surface area contributed by atoms with Crippen LogP contribution < -0.4 is 0 Å². The molecule has 1 N–H and O–H groups in total. The highest BCUT2D eigenvalue weighted by atomic mass is 32.2. The molecule has 0 aliphatic heterocycles. The number of aryl methyl sites for hydroxylation is 1. The Bertz CT molecular complexity index is 614. The van der Waals surface area contributed by atoms with Crippen molar-refractivity contribution in [1.82, 2.24) is 20.1 Å². The Labute approximate surface area is 133 Å². The molecule has 0 saturated heterocycles. The van der Waals surface area contributed by atoms with E-state index in [2.05, 4.69) is 22.1 Å². The van der Waals surface area contributed by atoms with Gasteiger partial charge in [0.2, 0.25) is 11.1 Å². The smallest absolute Gasteiger partial charge is 0.233 e. The molecule has 0 aliphatic carbocycles. The van der Waals surface area contributed by atoms with Crippen molar-refractivity contribution in [2.75, 3.05) is 12.8 Å². The number of nitrogens with one attached hydrogen (secondary N) is 1. The molecule has 2 rings (SSSR count). The number of hydrogen-bond donors (Lipinski definition) is 1. The van der Waals surface area contributed by atoms with E-state index in [9.17, 15) is 9.18 Å². The maximum absolute atomic E-state index is 12.8. The largest absolute Gasteiger partial charge is 0.341 e. The zero-order chi connectivity index (χ0) is 15.9. The minimum absolute atomic E-state index is 0.0174. The number of rotatable bonds is 7. The van der Waals surface area contributed by atoms with Gasteiger partial charge in [-0.2, -0.15) is 0 Å². The monoisotopic (exact) mass is 322 g/mol. The van der Waals surface area contributed by atoms with Crippen molar-refractivity contribution >= 4 is 17.7 Å². The average molecular weight is 322 g/mol. The van der Waals surface area contributed by atoms with Crippen LogP contribution in [0.4, 0.5) is 4.39 Å². The maximum atomic E-state index is 12.8. The second-order valence-corrected chi connectivity index (χ2v) is 5.92. The van der Waals surface area contributed by atoms with Gasteiger partial charge in [-0.05, 0) is 24.1 Å².